The summed E-state index contributed by atoms with van der Waals surface area (Å²) in [5.41, 5.74) is 3.40. The van der Waals surface area contributed by atoms with Crippen molar-refractivity contribution < 1.29 is 9.53 Å². The molecule has 1 N–H and O–H groups in total. The van der Waals surface area contributed by atoms with E-state index < -0.39 is 0 Å². The molecule has 86 valence electrons. The molecule has 0 saturated carbocycles. The molecule has 6 heteroatoms. The van der Waals surface area contributed by atoms with Crippen LogP contribution in [0.1, 0.15) is 6.92 Å². The Morgan fingerprint density at radius 2 is 2.41 bits per heavy atom. The van der Waals surface area contributed by atoms with Crippen LogP contribution in [0.15, 0.2) is 23.3 Å². The van der Waals surface area contributed by atoms with Crippen LogP contribution in [0.25, 0.3) is 0 Å². The number of hydrazone groups is 1. The predicted octanol–water partition coefficient (Wildman–Crippen LogP) is -0.489. The van der Waals surface area contributed by atoms with Crippen molar-refractivity contribution in [2.45, 2.75) is 13.0 Å². The molecule has 0 spiro atoms. The van der Waals surface area contributed by atoms with Crippen molar-refractivity contribution in [2.75, 3.05) is 11.5 Å². The number of nitrogens with one attached hydrogen (secondary N) is 1. The normalized spacial score (nSPS) is 22.0. The third-order valence-corrected chi connectivity index (χ3v) is 3.48. The molecule has 0 aromatic heterocycles. The van der Waals surface area contributed by atoms with E-state index >= 15 is 0 Å². The van der Waals surface area contributed by atoms with Crippen LogP contribution in [-0.2, 0) is 4.79 Å². The summed E-state index contributed by atoms with van der Waals surface area (Å²) in [6, 6.07) is 5.60. The molecule has 3 rings (SSSR count). The van der Waals surface area contributed by atoms with Gasteiger partial charge in [0.05, 0.1) is 0 Å². The van der Waals surface area contributed by atoms with Crippen LogP contribution in [0.3, 0.4) is 0 Å². The number of hydrogen-bond acceptors (Lipinski definition) is 4. The monoisotopic (exact) mass is 291 g/mol. The Kier molecular flexibility index (Phi) is 2.37. The topological polar surface area (TPSA) is 53.9 Å². The maximum atomic E-state index is 11.6. The van der Waals surface area contributed by atoms with Gasteiger partial charge in [0.15, 0.2) is 0 Å². The maximum absolute atomic E-state index is 11.6. The molecule has 1 atom stereocenters. The summed E-state index contributed by atoms with van der Waals surface area (Å²) < 4.78 is 6.67. The number of carbonyl (C=O) groups is 1. The van der Waals surface area contributed by atoms with E-state index in [1.165, 1.54) is 0 Å². The number of amidine groups is 1. The second kappa shape index (κ2) is 3.77. The summed E-state index contributed by atoms with van der Waals surface area (Å²) in [6.45, 7) is 2.24. The third kappa shape index (κ3) is 1.62. The fraction of sp³-hybridized carbons (Fsp3) is 0.273. The van der Waals surface area contributed by atoms with Crippen molar-refractivity contribution in [2.24, 2.45) is 5.10 Å². The molecule has 0 fully saturated rings. The van der Waals surface area contributed by atoms with E-state index in [1.807, 2.05) is 30.0 Å². The molecule has 2 radical (unpaired) electrons. The van der Waals surface area contributed by atoms with E-state index in [1.54, 1.807) is 0 Å². The molecule has 17 heavy (non-hydrogen) atoms. The number of amides is 1. The van der Waals surface area contributed by atoms with Crippen molar-refractivity contribution >= 4 is 38.6 Å². The molecule has 2 aliphatic rings. The van der Waals surface area contributed by atoms with Crippen molar-refractivity contribution in [1.29, 1.82) is 0 Å². The van der Waals surface area contributed by atoms with Gasteiger partial charge in [0.25, 0.3) is 0 Å². The van der Waals surface area contributed by atoms with Crippen LogP contribution in [0.5, 0.6) is 5.75 Å². The average molecular weight is 291 g/mol. The quantitative estimate of drug-likeness (QED) is 0.656. The SMILES string of the molecule is C[C@@H]1C(=O)NN=C2COc3ccc([As])cc3N21. The third-order valence-electron chi connectivity index (χ3n) is 2.90. The van der Waals surface area contributed by atoms with E-state index in [0.29, 0.717) is 6.61 Å². The van der Waals surface area contributed by atoms with Crippen molar-refractivity contribution in [3.63, 3.8) is 0 Å². The molecule has 0 unspecified atom stereocenters. The molecular formula is C11H10AsN3O2. The number of carbonyl (C=O) groups excluding carboxylic acids is 1. The Hall–Kier alpha value is -1.48. The Bertz CT molecular complexity index is 529. The van der Waals surface area contributed by atoms with Gasteiger partial charge >= 0.3 is 107 Å². The van der Waals surface area contributed by atoms with Crippen LogP contribution in [0.4, 0.5) is 5.69 Å². The summed E-state index contributed by atoms with van der Waals surface area (Å²) in [6.07, 6.45) is 0. The number of nitrogens with zero attached hydrogens (tertiary/aromatic N) is 2. The molecular weight excluding hydrogens is 281 g/mol. The Balaban J connectivity index is 2.14. The zero-order chi connectivity index (χ0) is 12.0. The Morgan fingerprint density at radius 3 is 3.24 bits per heavy atom. The van der Waals surface area contributed by atoms with E-state index in [-0.39, 0.29) is 11.9 Å². The van der Waals surface area contributed by atoms with E-state index in [9.17, 15) is 4.79 Å². The fourth-order valence-electron chi connectivity index (χ4n) is 2.02. The summed E-state index contributed by atoms with van der Waals surface area (Å²) in [4.78, 5) is 13.6. The molecule has 0 aliphatic carbocycles. The number of hydrogen-bond donors (Lipinski definition) is 1. The fourth-order valence-corrected chi connectivity index (χ4v) is 2.43. The number of benzene rings is 1. The zero-order valence-corrected chi connectivity index (χ0v) is 11.1. The van der Waals surface area contributed by atoms with Crippen LogP contribution >= 0.6 is 0 Å². The van der Waals surface area contributed by atoms with E-state index in [4.69, 9.17) is 4.74 Å². The van der Waals surface area contributed by atoms with Gasteiger partial charge in [-0.1, -0.05) is 0 Å². The number of anilines is 1. The summed E-state index contributed by atoms with van der Waals surface area (Å²) >= 11 is 2.48. The van der Waals surface area contributed by atoms with Crippen LogP contribution in [-0.4, -0.2) is 41.2 Å². The minimum atomic E-state index is -0.264. The van der Waals surface area contributed by atoms with Crippen LogP contribution < -0.4 is 19.4 Å². The Labute approximate surface area is 107 Å². The molecule has 1 aromatic carbocycles. The molecule has 2 heterocycles. The van der Waals surface area contributed by atoms with Gasteiger partial charge in [-0.05, 0) is 0 Å². The molecule has 2 aliphatic heterocycles. The predicted molar refractivity (Wildman–Crippen MR) is 64.8 cm³/mol. The second-order valence-corrected chi connectivity index (χ2v) is 5.07. The number of ether oxygens (including phenoxy) is 1. The second-order valence-electron chi connectivity index (χ2n) is 3.99. The van der Waals surface area contributed by atoms with Gasteiger partial charge in [-0.3, -0.25) is 0 Å². The van der Waals surface area contributed by atoms with Gasteiger partial charge in [0.2, 0.25) is 0 Å². The standard InChI is InChI=1S/C11H10AsN3O2/c1-6-11(16)14-13-10-5-17-9-3-2-7(12)4-8(9)15(6)10/h2-4,6H,5H2,1H3,(H,14,16)/t6-/m1/s1. The number of fused-ring (bicyclic) bond motifs is 3. The summed E-state index contributed by atoms with van der Waals surface area (Å²) in [5, 5.41) is 4.02. The van der Waals surface area contributed by atoms with Gasteiger partial charge in [-0.2, -0.15) is 0 Å². The molecule has 1 aromatic rings. The van der Waals surface area contributed by atoms with Gasteiger partial charge in [-0.25, -0.2) is 0 Å². The zero-order valence-electron chi connectivity index (χ0n) is 9.17. The van der Waals surface area contributed by atoms with Gasteiger partial charge in [0, 0.05) is 0 Å². The van der Waals surface area contributed by atoms with Crippen molar-refractivity contribution in [1.82, 2.24) is 5.43 Å². The first kappa shape index (κ1) is 10.7. The first-order valence-electron chi connectivity index (χ1n) is 5.28. The molecule has 1 amide bonds. The first-order chi connectivity index (χ1) is 8.16. The van der Waals surface area contributed by atoms with Crippen LogP contribution in [0, 0.1) is 0 Å². The minimum absolute atomic E-state index is 0.0994. The van der Waals surface area contributed by atoms with E-state index in [2.05, 4.69) is 27.4 Å². The number of rotatable bonds is 0. The van der Waals surface area contributed by atoms with Crippen molar-refractivity contribution in [3.8, 4) is 5.75 Å². The first-order valence-corrected chi connectivity index (χ1v) is 6.22. The van der Waals surface area contributed by atoms with Gasteiger partial charge in [-0.15, -0.1) is 0 Å². The van der Waals surface area contributed by atoms with Crippen molar-refractivity contribution in [3.05, 3.63) is 18.2 Å². The molecule has 0 saturated heterocycles. The van der Waals surface area contributed by atoms with E-state index in [0.717, 1.165) is 21.6 Å². The summed E-state index contributed by atoms with van der Waals surface area (Å²) in [5.74, 6) is 1.43. The van der Waals surface area contributed by atoms with Gasteiger partial charge in [0.1, 0.15) is 0 Å². The summed E-state index contributed by atoms with van der Waals surface area (Å²) in [7, 11) is 0. The van der Waals surface area contributed by atoms with Crippen LogP contribution in [0.2, 0.25) is 0 Å². The Morgan fingerprint density at radius 1 is 1.59 bits per heavy atom. The molecule has 0 bridgehead atoms. The molecule has 5 nitrogen and oxygen atoms in total. The van der Waals surface area contributed by atoms with Gasteiger partial charge < -0.3 is 0 Å². The average Bonchev–Trinajstić information content (AvgIpc) is 2.33.